The highest BCUT2D eigenvalue weighted by Gasteiger charge is 2.16. The molecule has 0 spiro atoms. The number of rotatable bonds is 5. The van der Waals surface area contributed by atoms with Crippen molar-refractivity contribution in [1.82, 2.24) is 4.72 Å². The predicted molar refractivity (Wildman–Crippen MR) is 89.0 cm³/mol. The zero-order chi connectivity index (χ0) is 15.5. The van der Waals surface area contributed by atoms with Gasteiger partial charge in [0.25, 0.3) is 0 Å². The van der Waals surface area contributed by atoms with Crippen LogP contribution in [0.1, 0.15) is 16.7 Å². The van der Waals surface area contributed by atoms with E-state index in [0.29, 0.717) is 17.4 Å². The molecule has 112 valence electrons. The molecular formula is C16H18BrNO2S. The summed E-state index contributed by atoms with van der Waals surface area (Å²) in [5.41, 5.74) is 3.32. The van der Waals surface area contributed by atoms with E-state index in [1.807, 2.05) is 32.0 Å². The molecule has 0 saturated carbocycles. The molecule has 0 saturated heterocycles. The summed E-state index contributed by atoms with van der Waals surface area (Å²) in [7, 11) is -3.48. The molecule has 0 aromatic heterocycles. The third kappa shape index (κ3) is 4.40. The van der Waals surface area contributed by atoms with Crippen LogP contribution < -0.4 is 4.72 Å². The standard InChI is InChI=1S/C16H18BrNO2S/c1-12-4-3-5-14(10-12)8-9-18-21(19,20)16-7-6-13(2)11-15(16)17/h3-7,10-11,18H,8-9H2,1-2H3. The fraction of sp³-hybridized carbons (Fsp3) is 0.250. The van der Waals surface area contributed by atoms with Crippen LogP contribution in [-0.2, 0) is 16.4 Å². The second-order valence-corrected chi connectivity index (χ2v) is 7.66. The molecule has 3 nitrogen and oxygen atoms in total. The summed E-state index contributed by atoms with van der Waals surface area (Å²) in [6.07, 6.45) is 0.671. The topological polar surface area (TPSA) is 46.2 Å². The zero-order valence-corrected chi connectivity index (χ0v) is 14.5. The van der Waals surface area contributed by atoms with Crippen LogP contribution in [0.3, 0.4) is 0 Å². The van der Waals surface area contributed by atoms with Gasteiger partial charge in [-0.25, -0.2) is 13.1 Å². The van der Waals surface area contributed by atoms with E-state index in [9.17, 15) is 8.42 Å². The fourth-order valence-electron chi connectivity index (χ4n) is 2.10. The second-order valence-electron chi connectivity index (χ2n) is 5.07. The predicted octanol–water partition coefficient (Wildman–Crippen LogP) is 3.59. The minimum Gasteiger partial charge on any atom is -0.211 e. The summed E-state index contributed by atoms with van der Waals surface area (Å²) in [4.78, 5) is 0.275. The summed E-state index contributed by atoms with van der Waals surface area (Å²) >= 11 is 3.31. The summed E-state index contributed by atoms with van der Waals surface area (Å²) in [5.74, 6) is 0. The molecule has 1 N–H and O–H groups in total. The number of sulfonamides is 1. The smallest absolute Gasteiger partial charge is 0.211 e. The Balaban J connectivity index is 2.05. The van der Waals surface area contributed by atoms with E-state index >= 15 is 0 Å². The molecule has 0 heterocycles. The van der Waals surface area contributed by atoms with Crippen molar-refractivity contribution in [2.24, 2.45) is 0 Å². The molecule has 0 fully saturated rings. The van der Waals surface area contributed by atoms with E-state index in [0.717, 1.165) is 11.1 Å². The van der Waals surface area contributed by atoms with Crippen LogP contribution in [-0.4, -0.2) is 15.0 Å². The van der Waals surface area contributed by atoms with Crippen molar-refractivity contribution in [3.8, 4) is 0 Å². The summed E-state index contributed by atoms with van der Waals surface area (Å²) in [5, 5.41) is 0. The van der Waals surface area contributed by atoms with Crippen molar-refractivity contribution in [3.63, 3.8) is 0 Å². The van der Waals surface area contributed by atoms with Crippen LogP contribution in [0.2, 0.25) is 0 Å². The Labute approximate surface area is 134 Å². The van der Waals surface area contributed by atoms with Crippen molar-refractivity contribution >= 4 is 26.0 Å². The highest BCUT2D eigenvalue weighted by Crippen LogP contribution is 2.22. The van der Waals surface area contributed by atoms with E-state index in [1.54, 1.807) is 18.2 Å². The molecule has 0 unspecified atom stereocenters. The third-order valence-electron chi connectivity index (χ3n) is 3.17. The first kappa shape index (κ1) is 16.2. The first-order chi connectivity index (χ1) is 9.88. The van der Waals surface area contributed by atoms with Gasteiger partial charge >= 0.3 is 0 Å². The van der Waals surface area contributed by atoms with Crippen LogP contribution in [0.5, 0.6) is 0 Å². The number of aryl methyl sites for hydroxylation is 2. The third-order valence-corrected chi connectivity index (χ3v) is 5.60. The maximum Gasteiger partial charge on any atom is 0.241 e. The molecule has 0 aliphatic heterocycles. The molecule has 0 atom stereocenters. The van der Waals surface area contributed by atoms with Crippen LogP contribution in [0.4, 0.5) is 0 Å². The summed E-state index contributed by atoms with van der Waals surface area (Å²) in [6, 6.07) is 13.3. The maximum atomic E-state index is 12.3. The normalized spacial score (nSPS) is 11.6. The Bertz CT molecular complexity index is 742. The van der Waals surface area contributed by atoms with E-state index in [1.165, 1.54) is 5.56 Å². The van der Waals surface area contributed by atoms with E-state index in [-0.39, 0.29) is 4.90 Å². The van der Waals surface area contributed by atoms with Crippen molar-refractivity contribution in [2.45, 2.75) is 25.2 Å². The Morgan fingerprint density at radius 3 is 2.43 bits per heavy atom. The lowest BCUT2D eigenvalue weighted by molar-refractivity contribution is 0.581. The minimum atomic E-state index is -3.48. The molecule has 0 radical (unpaired) electrons. The van der Waals surface area contributed by atoms with Gasteiger partial charge < -0.3 is 0 Å². The van der Waals surface area contributed by atoms with E-state index < -0.39 is 10.0 Å². The number of nitrogens with one attached hydrogen (secondary N) is 1. The van der Waals surface area contributed by atoms with Crippen molar-refractivity contribution in [3.05, 3.63) is 63.6 Å². The first-order valence-electron chi connectivity index (χ1n) is 6.70. The van der Waals surface area contributed by atoms with Gasteiger partial charge in [-0.05, 0) is 59.5 Å². The molecular weight excluding hydrogens is 350 g/mol. The monoisotopic (exact) mass is 367 g/mol. The molecule has 0 aliphatic carbocycles. The second kappa shape index (κ2) is 6.73. The van der Waals surface area contributed by atoms with Gasteiger partial charge in [-0.2, -0.15) is 0 Å². The van der Waals surface area contributed by atoms with Gasteiger partial charge in [0, 0.05) is 11.0 Å². The average Bonchev–Trinajstić information content (AvgIpc) is 2.38. The molecule has 0 bridgehead atoms. The van der Waals surface area contributed by atoms with Crippen molar-refractivity contribution in [1.29, 1.82) is 0 Å². The first-order valence-corrected chi connectivity index (χ1v) is 8.97. The SMILES string of the molecule is Cc1cccc(CCNS(=O)(=O)c2ccc(C)cc2Br)c1. The van der Waals surface area contributed by atoms with Gasteiger partial charge in [0.1, 0.15) is 0 Å². The molecule has 2 aromatic rings. The highest BCUT2D eigenvalue weighted by atomic mass is 79.9. The minimum absolute atomic E-state index is 0.275. The quantitative estimate of drug-likeness (QED) is 0.877. The van der Waals surface area contributed by atoms with Crippen molar-refractivity contribution in [2.75, 3.05) is 6.54 Å². The Morgan fingerprint density at radius 2 is 1.76 bits per heavy atom. The van der Waals surface area contributed by atoms with Crippen LogP contribution in [0, 0.1) is 13.8 Å². The Morgan fingerprint density at radius 1 is 1.05 bits per heavy atom. The summed E-state index contributed by atoms with van der Waals surface area (Å²) < 4.78 is 27.8. The largest absolute Gasteiger partial charge is 0.241 e. The van der Waals surface area contributed by atoms with Crippen LogP contribution >= 0.6 is 15.9 Å². The van der Waals surface area contributed by atoms with E-state index in [4.69, 9.17) is 0 Å². The average molecular weight is 368 g/mol. The molecule has 5 heteroatoms. The lowest BCUT2D eigenvalue weighted by atomic mass is 10.1. The fourth-order valence-corrected chi connectivity index (χ4v) is 4.32. The molecule has 0 aliphatic rings. The number of hydrogen-bond donors (Lipinski definition) is 1. The maximum absolute atomic E-state index is 12.3. The van der Waals surface area contributed by atoms with Gasteiger partial charge in [0.05, 0.1) is 4.90 Å². The van der Waals surface area contributed by atoms with E-state index in [2.05, 4.69) is 26.7 Å². The molecule has 0 amide bonds. The van der Waals surface area contributed by atoms with Gasteiger partial charge in [-0.1, -0.05) is 35.9 Å². The van der Waals surface area contributed by atoms with Gasteiger partial charge in [0.15, 0.2) is 0 Å². The molecule has 2 rings (SSSR count). The molecule has 2 aromatic carbocycles. The Hall–Kier alpha value is -1.17. The highest BCUT2D eigenvalue weighted by molar-refractivity contribution is 9.10. The summed E-state index contributed by atoms with van der Waals surface area (Å²) in [6.45, 7) is 4.33. The molecule has 21 heavy (non-hydrogen) atoms. The van der Waals surface area contributed by atoms with Gasteiger partial charge in [-0.3, -0.25) is 0 Å². The van der Waals surface area contributed by atoms with Crippen LogP contribution in [0.15, 0.2) is 51.8 Å². The number of hydrogen-bond acceptors (Lipinski definition) is 2. The zero-order valence-electron chi connectivity index (χ0n) is 12.1. The number of benzene rings is 2. The lowest BCUT2D eigenvalue weighted by Gasteiger charge is -2.09. The van der Waals surface area contributed by atoms with Crippen LogP contribution in [0.25, 0.3) is 0 Å². The lowest BCUT2D eigenvalue weighted by Crippen LogP contribution is -2.26. The van der Waals surface area contributed by atoms with Gasteiger partial charge in [0.2, 0.25) is 10.0 Å². The number of halogens is 1. The van der Waals surface area contributed by atoms with Gasteiger partial charge in [-0.15, -0.1) is 0 Å². The Kier molecular flexibility index (Phi) is 5.19. The van der Waals surface area contributed by atoms with Crippen molar-refractivity contribution < 1.29 is 8.42 Å².